The van der Waals surface area contributed by atoms with Gasteiger partial charge in [0.05, 0.1) is 21.5 Å². The molecule has 2 aromatic carbocycles. The first kappa shape index (κ1) is 14.6. The molecule has 1 atom stereocenters. The van der Waals surface area contributed by atoms with Crippen LogP contribution < -0.4 is 11.1 Å². The van der Waals surface area contributed by atoms with Crippen LogP contribution in [0.5, 0.6) is 0 Å². The van der Waals surface area contributed by atoms with Crippen LogP contribution in [0, 0.1) is 0 Å². The Hall–Kier alpha value is -1.85. The molecule has 1 amide bonds. The van der Waals surface area contributed by atoms with Crippen molar-refractivity contribution >= 4 is 39.7 Å². The van der Waals surface area contributed by atoms with Gasteiger partial charge in [-0.1, -0.05) is 29.8 Å². The van der Waals surface area contributed by atoms with Crippen molar-refractivity contribution < 1.29 is 9.00 Å². The summed E-state index contributed by atoms with van der Waals surface area (Å²) in [5, 5.41) is 3.07. The lowest BCUT2D eigenvalue weighted by atomic mass is 10.3. The molecule has 0 fully saturated rings. The van der Waals surface area contributed by atoms with E-state index in [2.05, 4.69) is 5.32 Å². The Bertz CT molecular complexity index is 647. The highest BCUT2D eigenvalue weighted by Crippen LogP contribution is 2.22. The van der Waals surface area contributed by atoms with E-state index in [0.29, 0.717) is 21.3 Å². The number of amides is 1. The molecule has 0 aliphatic rings. The number of carbonyl (C=O) groups excluding carboxylic acids is 1. The van der Waals surface area contributed by atoms with Crippen LogP contribution in [0.3, 0.4) is 0 Å². The topological polar surface area (TPSA) is 72.2 Å². The first-order chi connectivity index (χ1) is 9.56. The standard InChI is InChI=1S/C14H13ClN2O2S/c15-12-7-6-10(8-13(12)16)17-14(18)9-20(19)11-4-2-1-3-5-11/h1-8H,9,16H2,(H,17,18). The minimum absolute atomic E-state index is 0.105. The molecule has 0 bridgehead atoms. The number of halogens is 1. The van der Waals surface area contributed by atoms with E-state index in [9.17, 15) is 9.00 Å². The number of benzene rings is 2. The third-order valence-electron chi connectivity index (χ3n) is 2.55. The van der Waals surface area contributed by atoms with Gasteiger partial charge in [0.25, 0.3) is 0 Å². The molecule has 0 saturated heterocycles. The van der Waals surface area contributed by atoms with Crippen LogP contribution in [0.25, 0.3) is 0 Å². The van der Waals surface area contributed by atoms with Crippen molar-refractivity contribution in [1.82, 2.24) is 0 Å². The number of carbonyl (C=O) groups is 1. The Morgan fingerprint density at radius 1 is 1.20 bits per heavy atom. The number of anilines is 2. The first-order valence-corrected chi connectivity index (χ1v) is 7.54. The second-order valence-corrected chi connectivity index (χ2v) is 5.95. The zero-order chi connectivity index (χ0) is 14.5. The minimum Gasteiger partial charge on any atom is -0.397 e. The van der Waals surface area contributed by atoms with E-state index in [4.69, 9.17) is 17.3 Å². The molecule has 2 rings (SSSR count). The minimum atomic E-state index is -1.37. The van der Waals surface area contributed by atoms with Gasteiger partial charge in [-0.05, 0) is 30.3 Å². The summed E-state index contributed by atoms with van der Waals surface area (Å²) >= 11 is 5.80. The SMILES string of the molecule is Nc1cc(NC(=O)CS(=O)c2ccccc2)ccc1Cl. The monoisotopic (exact) mass is 308 g/mol. The fourth-order valence-corrected chi connectivity index (χ4v) is 2.65. The van der Waals surface area contributed by atoms with Gasteiger partial charge in [-0.2, -0.15) is 0 Å². The number of rotatable bonds is 4. The summed E-state index contributed by atoms with van der Waals surface area (Å²) < 4.78 is 12.0. The molecule has 3 N–H and O–H groups in total. The molecular formula is C14H13ClN2O2S. The molecule has 6 heteroatoms. The van der Waals surface area contributed by atoms with Gasteiger partial charge in [0.15, 0.2) is 0 Å². The zero-order valence-electron chi connectivity index (χ0n) is 10.5. The number of hydrogen-bond donors (Lipinski definition) is 2. The first-order valence-electron chi connectivity index (χ1n) is 5.84. The van der Waals surface area contributed by atoms with Crippen molar-refractivity contribution in [2.24, 2.45) is 0 Å². The number of nitrogens with two attached hydrogens (primary N) is 1. The highest BCUT2D eigenvalue weighted by molar-refractivity contribution is 7.85. The third kappa shape index (κ3) is 3.82. The summed E-state index contributed by atoms with van der Waals surface area (Å²) in [6.45, 7) is 0. The van der Waals surface area contributed by atoms with Crippen molar-refractivity contribution in [2.45, 2.75) is 4.90 Å². The molecule has 20 heavy (non-hydrogen) atoms. The highest BCUT2D eigenvalue weighted by Gasteiger charge is 2.10. The lowest BCUT2D eigenvalue weighted by Crippen LogP contribution is -2.19. The van der Waals surface area contributed by atoms with E-state index in [1.165, 1.54) is 0 Å². The van der Waals surface area contributed by atoms with E-state index in [1.54, 1.807) is 42.5 Å². The van der Waals surface area contributed by atoms with Gasteiger partial charge in [0, 0.05) is 10.6 Å². The maximum Gasteiger partial charge on any atom is 0.237 e. The fraction of sp³-hybridized carbons (Fsp3) is 0.0714. The van der Waals surface area contributed by atoms with Crippen LogP contribution in [0.15, 0.2) is 53.4 Å². The molecule has 104 valence electrons. The summed E-state index contributed by atoms with van der Waals surface area (Å²) in [6, 6.07) is 13.6. The van der Waals surface area contributed by atoms with Gasteiger partial charge >= 0.3 is 0 Å². The van der Waals surface area contributed by atoms with Crippen LogP contribution >= 0.6 is 11.6 Å². The third-order valence-corrected chi connectivity index (χ3v) is 4.21. The Morgan fingerprint density at radius 2 is 1.90 bits per heavy atom. The van der Waals surface area contributed by atoms with Crippen molar-refractivity contribution in [1.29, 1.82) is 0 Å². The molecule has 0 spiro atoms. The quantitative estimate of drug-likeness (QED) is 0.853. The number of hydrogen-bond acceptors (Lipinski definition) is 3. The smallest absolute Gasteiger partial charge is 0.237 e. The molecule has 0 radical (unpaired) electrons. The van der Waals surface area contributed by atoms with Crippen molar-refractivity contribution in [3.8, 4) is 0 Å². The van der Waals surface area contributed by atoms with Crippen molar-refractivity contribution in [2.75, 3.05) is 16.8 Å². The van der Waals surface area contributed by atoms with E-state index in [1.807, 2.05) is 6.07 Å². The van der Waals surface area contributed by atoms with Gasteiger partial charge in [0.1, 0.15) is 5.75 Å². The molecule has 1 unspecified atom stereocenters. The second-order valence-electron chi connectivity index (χ2n) is 4.09. The molecule has 4 nitrogen and oxygen atoms in total. The lowest BCUT2D eigenvalue weighted by molar-refractivity contribution is -0.113. The normalized spacial score (nSPS) is 11.8. The molecule has 0 saturated carbocycles. The van der Waals surface area contributed by atoms with Crippen LogP contribution in [-0.2, 0) is 15.6 Å². The summed E-state index contributed by atoms with van der Waals surface area (Å²) in [5.74, 6) is -0.444. The van der Waals surface area contributed by atoms with Gasteiger partial charge in [-0.15, -0.1) is 0 Å². The molecule has 0 aliphatic heterocycles. The Kier molecular flexibility index (Phi) is 4.76. The lowest BCUT2D eigenvalue weighted by Gasteiger charge is -2.07. The predicted octanol–water partition coefficient (Wildman–Crippen LogP) is 2.67. The molecule has 0 heterocycles. The second kappa shape index (κ2) is 6.54. The summed E-state index contributed by atoms with van der Waals surface area (Å²) in [6.07, 6.45) is 0. The van der Waals surface area contributed by atoms with Crippen LogP contribution in [0.1, 0.15) is 0 Å². The predicted molar refractivity (Wildman–Crippen MR) is 82.2 cm³/mol. The highest BCUT2D eigenvalue weighted by atomic mass is 35.5. The zero-order valence-corrected chi connectivity index (χ0v) is 12.1. The van der Waals surface area contributed by atoms with Gasteiger partial charge in [0.2, 0.25) is 5.91 Å². The molecule has 0 aromatic heterocycles. The van der Waals surface area contributed by atoms with Crippen molar-refractivity contribution in [3.05, 3.63) is 53.6 Å². The van der Waals surface area contributed by atoms with E-state index in [-0.39, 0.29) is 11.7 Å². The summed E-state index contributed by atoms with van der Waals surface area (Å²) in [5.41, 5.74) is 6.56. The Morgan fingerprint density at radius 3 is 2.55 bits per heavy atom. The van der Waals surface area contributed by atoms with Crippen LogP contribution in [-0.4, -0.2) is 15.9 Å². The Labute approximate surface area is 124 Å². The van der Waals surface area contributed by atoms with Gasteiger partial charge in [-0.3, -0.25) is 9.00 Å². The van der Waals surface area contributed by atoms with Gasteiger partial charge in [-0.25, -0.2) is 0 Å². The summed E-state index contributed by atoms with van der Waals surface area (Å²) in [4.78, 5) is 12.4. The summed E-state index contributed by atoms with van der Waals surface area (Å²) in [7, 11) is -1.37. The Balaban J connectivity index is 1.99. The van der Waals surface area contributed by atoms with E-state index < -0.39 is 10.8 Å². The number of nitrogen functional groups attached to an aromatic ring is 1. The largest absolute Gasteiger partial charge is 0.397 e. The van der Waals surface area contributed by atoms with Gasteiger partial charge < -0.3 is 11.1 Å². The average molecular weight is 309 g/mol. The van der Waals surface area contributed by atoms with Crippen LogP contribution in [0.4, 0.5) is 11.4 Å². The average Bonchev–Trinajstić information content (AvgIpc) is 2.44. The molecule has 0 aliphatic carbocycles. The van der Waals surface area contributed by atoms with Crippen molar-refractivity contribution in [3.63, 3.8) is 0 Å². The van der Waals surface area contributed by atoms with Crippen LogP contribution in [0.2, 0.25) is 5.02 Å². The maximum atomic E-state index is 12.0. The van der Waals surface area contributed by atoms with E-state index >= 15 is 0 Å². The van der Waals surface area contributed by atoms with E-state index in [0.717, 1.165) is 0 Å². The molecular weight excluding hydrogens is 296 g/mol. The number of nitrogens with one attached hydrogen (secondary N) is 1. The fourth-order valence-electron chi connectivity index (χ4n) is 1.59. The maximum absolute atomic E-state index is 12.0. The molecule has 2 aromatic rings.